The van der Waals surface area contributed by atoms with E-state index < -0.39 is 6.10 Å². The number of ketones is 1. The smallest absolute Gasteiger partial charge is 0.191 e. The van der Waals surface area contributed by atoms with E-state index in [-0.39, 0.29) is 12.4 Å². The minimum atomic E-state index is -0.534. The van der Waals surface area contributed by atoms with Crippen molar-refractivity contribution in [1.29, 1.82) is 0 Å². The Bertz CT molecular complexity index is 622. The highest BCUT2D eigenvalue weighted by atomic mass is 79.9. The Balaban J connectivity index is 1.68. The van der Waals surface area contributed by atoms with E-state index in [1.54, 1.807) is 0 Å². The summed E-state index contributed by atoms with van der Waals surface area (Å²) in [6, 6.07) is 15.1. The van der Waals surface area contributed by atoms with Crippen LogP contribution in [0.4, 0.5) is 0 Å². The van der Waals surface area contributed by atoms with Crippen molar-refractivity contribution in [3.8, 4) is 11.5 Å². The van der Waals surface area contributed by atoms with Crippen molar-refractivity contribution in [3.05, 3.63) is 58.6 Å². The molecule has 1 unspecified atom stereocenters. The van der Waals surface area contributed by atoms with Gasteiger partial charge in [0.2, 0.25) is 0 Å². The van der Waals surface area contributed by atoms with Crippen molar-refractivity contribution in [2.45, 2.75) is 12.5 Å². The van der Waals surface area contributed by atoms with Crippen LogP contribution in [-0.4, -0.2) is 18.5 Å². The predicted molar refractivity (Wildman–Crippen MR) is 79.2 cm³/mol. The maximum absolute atomic E-state index is 12.2. The van der Waals surface area contributed by atoms with Gasteiger partial charge in [-0.05, 0) is 29.8 Å². The number of fused-ring (bicyclic) bond motifs is 1. The molecular formula is C16H13BrO3. The second-order valence-corrected chi connectivity index (χ2v) is 5.55. The monoisotopic (exact) mass is 332 g/mol. The van der Waals surface area contributed by atoms with Crippen molar-refractivity contribution in [3.63, 3.8) is 0 Å². The molecule has 1 aliphatic rings. The van der Waals surface area contributed by atoms with Gasteiger partial charge >= 0.3 is 0 Å². The lowest BCUT2D eigenvalue weighted by Gasteiger charge is -2.25. The molecule has 0 radical (unpaired) electrons. The van der Waals surface area contributed by atoms with Crippen LogP contribution in [0.1, 0.15) is 5.56 Å². The number of halogens is 1. The van der Waals surface area contributed by atoms with E-state index in [9.17, 15) is 4.79 Å². The highest BCUT2D eigenvalue weighted by molar-refractivity contribution is 9.10. The number of para-hydroxylation sites is 2. The molecule has 0 fully saturated rings. The molecule has 0 aromatic heterocycles. The minimum absolute atomic E-state index is 0.0295. The molecule has 102 valence electrons. The number of hydrogen-bond acceptors (Lipinski definition) is 3. The summed E-state index contributed by atoms with van der Waals surface area (Å²) < 4.78 is 12.3. The predicted octanol–water partition coefficient (Wildman–Crippen LogP) is 3.40. The highest BCUT2D eigenvalue weighted by Gasteiger charge is 2.26. The fraction of sp³-hybridized carbons (Fsp3) is 0.188. The summed E-state index contributed by atoms with van der Waals surface area (Å²) in [5, 5.41) is 0. The fourth-order valence-corrected chi connectivity index (χ4v) is 2.36. The van der Waals surface area contributed by atoms with Crippen LogP contribution in [0.15, 0.2) is 53.0 Å². The van der Waals surface area contributed by atoms with Gasteiger partial charge in [-0.25, -0.2) is 0 Å². The van der Waals surface area contributed by atoms with Crippen molar-refractivity contribution >= 4 is 21.7 Å². The molecule has 2 aromatic carbocycles. The van der Waals surface area contributed by atoms with Gasteiger partial charge in [-0.3, -0.25) is 4.79 Å². The number of benzene rings is 2. The van der Waals surface area contributed by atoms with E-state index in [1.807, 2.05) is 48.5 Å². The van der Waals surface area contributed by atoms with Gasteiger partial charge in [0.25, 0.3) is 0 Å². The largest absolute Gasteiger partial charge is 0.485 e. The van der Waals surface area contributed by atoms with E-state index in [4.69, 9.17) is 9.47 Å². The molecule has 1 aliphatic heterocycles. The van der Waals surface area contributed by atoms with Crippen LogP contribution in [0.2, 0.25) is 0 Å². The van der Waals surface area contributed by atoms with Gasteiger partial charge in [-0.15, -0.1) is 0 Å². The lowest BCUT2D eigenvalue weighted by molar-refractivity contribution is -0.127. The van der Waals surface area contributed by atoms with Crippen LogP contribution >= 0.6 is 15.9 Å². The lowest BCUT2D eigenvalue weighted by Crippen LogP contribution is -2.37. The molecule has 0 saturated carbocycles. The second kappa shape index (κ2) is 5.67. The first kappa shape index (κ1) is 13.2. The third-order valence-electron chi connectivity index (χ3n) is 3.16. The van der Waals surface area contributed by atoms with Crippen molar-refractivity contribution in [1.82, 2.24) is 0 Å². The molecule has 0 bridgehead atoms. The van der Waals surface area contributed by atoms with Crippen LogP contribution in [0, 0.1) is 0 Å². The van der Waals surface area contributed by atoms with Gasteiger partial charge in [0.1, 0.15) is 6.61 Å². The Kier molecular flexibility index (Phi) is 3.74. The molecule has 3 rings (SSSR count). The SMILES string of the molecule is O=C(Cc1ccc(Br)cc1)C1COc2ccccc2O1. The van der Waals surface area contributed by atoms with E-state index in [2.05, 4.69) is 15.9 Å². The molecule has 4 heteroatoms. The first-order valence-electron chi connectivity index (χ1n) is 6.38. The molecule has 0 spiro atoms. The van der Waals surface area contributed by atoms with Crippen LogP contribution in [-0.2, 0) is 11.2 Å². The van der Waals surface area contributed by atoms with Gasteiger partial charge in [-0.2, -0.15) is 0 Å². The molecule has 1 heterocycles. The Labute approximate surface area is 125 Å². The third-order valence-corrected chi connectivity index (χ3v) is 3.69. The molecule has 20 heavy (non-hydrogen) atoms. The number of ether oxygens (including phenoxy) is 2. The molecule has 2 aromatic rings. The van der Waals surface area contributed by atoms with E-state index in [0.29, 0.717) is 17.9 Å². The Morgan fingerprint density at radius 1 is 1.10 bits per heavy atom. The quantitative estimate of drug-likeness (QED) is 0.864. The Morgan fingerprint density at radius 2 is 1.80 bits per heavy atom. The normalized spacial score (nSPS) is 16.8. The molecule has 0 amide bonds. The zero-order chi connectivity index (χ0) is 13.9. The number of hydrogen-bond donors (Lipinski definition) is 0. The molecule has 3 nitrogen and oxygen atoms in total. The average Bonchev–Trinajstić information content (AvgIpc) is 2.49. The zero-order valence-electron chi connectivity index (χ0n) is 10.7. The number of carbonyl (C=O) groups is 1. The average molecular weight is 333 g/mol. The summed E-state index contributed by atoms with van der Waals surface area (Å²) >= 11 is 3.38. The maximum atomic E-state index is 12.2. The first-order valence-corrected chi connectivity index (χ1v) is 7.17. The Hall–Kier alpha value is -1.81. The summed E-state index contributed by atoms with van der Waals surface area (Å²) in [6.07, 6.45) is -0.183. The zero-order valence-corrected chi connectivity index (χ0v) is 12.3. The molecule has 0 aliphatic carbocycles. The fourth-order valence-electron chi connectivity index (χ4n) is 2.10. The standard InChI is InChI=1S/C16H13BrO3/c17-12-7-5-11(6-8-12)9-13(18)16-10-19-14-3-1-2-4-15(14)20-16/h1-8,16H,9-10H2. The molecule has 0 saturated heterocycles. The minimum Gasteiger partial charge on any atom is -0.485 e. The van der Waals surface area contributed by atoms with E-state index >= 15 is 0 Å². The van der Waals surface area contributed by atoms with Gasteiger partial charge in [-0.1, -0.05) is 40.2 Å². The van der Waals surface area contributed by atoms with Crippen LogP contribution in [0.25, 0.3) is 0 Å². The second-order valence-electron chi connectivity index (χ2n) is 4.63. The summed E-state index contributed by atoms with van der Waals surface area (Å²) in [5.41, 5.74) is 0.973. The third kappa shape index (κ3) is 2.85. The van der Waals surface area contributed by atoms with E-state index in [1.165, 1.54) is 0 Å². The Morgan fingerprint density at radius 3 is 2.55 bits per heavy atom. The number of Topliss-reactive ketones (excluding diaryl/α,β-unsaturated/α-hetero) is 1. The number of carbonyl (C=O) groups excluding carboxylic acids is 1. The molecule has 1 atom stereocenters. The topological polar surface area (TPSA) is 35.5 Å². The molecule has 0 N–H and O–H groups in total. The van der Waals surface area contributed by atoms with Crippen LogP contribution in [0.5, 0.6) is 11.5 Å². The summed E-state index contributed by atoms with van der Waals surface area (Å²) in [6.45, 7) is 0.270. The van der Waals surface area contributed by atoms with Gasteiger partial charge in [0.05, 0.1) is 0 Å². The lowest BCUT2D eigenvalue weighted by atomic mass is 10.1. The van der Waals surface area contributed by atoms with Crippen LogP contribution in [0.3, 0.4) is 0 Å². The summed E-state index contributed by atoms with van der Waals surface area (Å²) in [4.78, 5) is 12.2. The van der Waals surface area contributed by atoms with Crippen molar-refractivity contribution < 1.29 is 14.3 Å². The molecular weight excluding hydrogens is 320 g/mol. The maximum Gasteiger partial charge on any atom is 0.191 e. The van der Waals surface area contributed by atoms with Gasteiger partial charge < -0.3 is 9.47 Å². The summed E-state index contributed by atoms with van der Waals surface area (Å²) in [7, 11) is 0. The number of rotatable bonds is 3. The van der Waals surface area contributed by atoms with Crippen molar-refractivity contribution in [2.75, 3.05) is 6.61 Å². The summed E-state index contributed by atoms with van der Waals surface area (Å²) in [5.74, 6) is 1.36. The van der Waals surface area contributed by atoms with Crippen LogP contribution < -0.4 is 9.47 Å². The van der Waals surface area contributed by atoms with Gasteiger partial charge in [0.15, 0.2) is 23.4 Å². The van der Waals surface area contributed by atoms with Gasteiger partial charge in [0, 0.05) is 10.9 Å². The van der Waals surface area contributed by atoms with E-state index in [0.717, 1.165) is 10.0 Å². The van der Waals surface area contributed by atoms with Crippen molar-refractivity contribution in [2.24, 2.45) is 0 Å². The highest BCUT2D eigenvalue weighted by Crippen LogP contribution is 2.31. The first-order chi connectivity index (χ1) is 9.72.